The molecule has 0 aromatic heterocycles. The number of anilines is 1. The fourth-order valence-corrected chi connectivity index (χ4v) is 4.41. The van der Waals surface area contributed by atoms with Crippen molar-refractivity contribution in [1.29, 1.82) is 0 Å². The highest BCUT2D eigenvalue weighted by Crippen LogP contribution is 2.65. The SMILES string of the molecule is C=C(NCC(C)(C)F)c1cc(N)ccc1O.CC(=O)C1C(c2cc(C)c(C)c(F)c2)C1(Cl)Cl. The Morgan fingerprint density at radius 3 is 2.36 bits per heavy atom. The number of halogens is 4. The Hall–Kier alpha value is -2.31. The molecule has 2 unspecified atom stereocenters. The molecule has 0 bridgehead atoms. The number of hydrogen-bond donors (Lipinski definition) is 3. The Morgan fingerprint density at radius 2 is 1.88 bits per heavy atom. The van der Waals surface area contributed by atoms with Crippen LogP contribution in [0.4, 0.5) is 14.5 Å². The molecular formula is C25H30Cl2F2N2O2. The molecule has 0 amide bonds. The highest BCUT2D eigenvalue weighted by Gasteiger charge is 2.66. The van der Waals surface area contributed by atoms with E-state index < -0.39 is 15.9 Å². The number of phenolic OH excluding ortho intramolecular Hbond substituents is 1. The average Bonchev–Trinajstić information content (AvgIpc) is 3.28. The van der Waals surface area contributed by atoms with Gasteiger partial charge in [-0.1, -0.05) is 12.6 Å². The smallest absolute Gasteiger partial charge is 0.136 e. The highest BCUT2D eigenvalue weighted by molar-refractivity contribution is 6.53. The second kappa shape index (κ2) is 9.90. The van der Waals surface area contributed by atoms with Gasteiger partial charge in [0.1, 0.15) is 27.4 Å². The third-order valence-corrected chi connectivity index (χ3v) is 6.49. The standard InChI is InChI=1S/C13H13Cl2FO.C12H17FN2O/c1-6-4-9(5-10(16)7(6)2)12-11(8(3)17)13(12,14)15;1-8(15-7-12(2,3)13)10-6-9(14)4-5-11(10)16/h4-5,11-12H,1-3H3;4-6,15-16H,1,7,14H2,2-3H3. The monoisotopic (exact) mass is 498 g/mol. The Morgan fingerprint density at radius 1 is 1.27 bits per heavy atom. The maximum absolute atomic E-state index is 13.6. The predicted octanol–water partition coefficient (Wildman–Crippen LogP) is 6.20. The average molecular weight is 499 g/mol. The fourth-order valence-electron chi connectivity index (χ4n) is 3.48. The molecule has 0 spiro atoms. The van der Waals surface area contributed by atoms with Crippen LogP contribution in [0, 0.1) is 25.6 Å². The van der Waals surface area contributed by atoms with Gasteiger partial charge in [0.15, 0.2) is 0 Å². The molecular weight excluding hydrogens is 469 g/mol. The Bertz CT molecular complexity index is 1040. The molecule has 4 nitrogen and oxygen atoms in total. The summed E-state index contributed by atoms with van der Waals surface area (Å²) in [5.41, 5.74) is 7.89. The van der Waals surface area contributed by atoms with E-state index in [1.807, 2.05) is 13.0 Å². The molecule has 0 radical (unpaired) electrons. The van der Waals surface area contributed by atoms with Crippen molar-refractivity contribution in [1.82, 2.24) is 5.32 Å². The van der Waals surface area contributed by atoms with Crippen molar-refractivity contribution in [2.24, 2.45) is 5.92 Å². The molecule has 4 N–H and O–H groups in total. The summed E-state index contributed by atoms with van der Waals surface area (Å²) in [6.45, 7) is 11.8. The summed E-state index contributed by atoms with van der Waals surface area (Å²) in [7, 11) is 0. The van der Waals surface area contributed by atoms with Gasteiger partial charge in [0, 0.05) is 29.4 Å². The summed E-state index contributed by atoms with van der Waals surface area (Å²) in [4.78, 5) is 11.4. The number of ketones is 1. The van der Waals surface area contributed by atoms with Crippen LogP contribution in [0.15, 0.2) is 36.9 Å². The molecule has 0 saturated heterocycles. The van der Waals surface area contributed by atoms with Gasteiger partial charge in [-0.25, -0.2) is 8.78 Å². The van der Waals surface area contributed by atoms with Crippen LogP contribution in [0.25, 0.3) is 5.70 Å². The minimum atomic E-state index is -1.33. The second-order valence-corrected chi connectivity index (χ2v) is 10.5. The Kier molecular flexibility index (Phi) is 8.08. The quantitative estimate of drug-likeness (QED) is 0.251. The maximum atomic E-state index is 13.6. The molecule has 8 heteroatoms. The van der Waals surface area contributed by atoms with Gasteiger partial charge in [-0.15, -0.1) is 23.2 Å². The Balaban J connectivity index is 0.000000234. The van der Waals surface area contributed by atoms with Crippen molar-refractivity contribution in [3.8, 4) is 5.75 Å². The largest absolute Gasteiger partial charge is 0.507 e. The van der Waals surface area contributed by atoms with E-state index in [9.17, 15) is 18.7 Å². The molecule has 0 heterocycles. The van der Waals surface area contributed by atoms with E-state index in [0.29, 0.717) is 28.1 Å². The van der Waals surface area contributed by atoms with Gasteiger partial charge < -0.3 is 16.2 Å². The number of benzene rings is 2. The number of nitrogen functional groups attached to an aromatic ring is 1. The van der Waals surface area contributed by atoms with Crippen LogP contribution < -0.4 is 11.1 Å². The molecule has 3 rings (SSSR count). The highest BCUT2D eigenvalue weighted by atomic mass is 35.5. The molecule has 1 fully saturated rings. The van der Waals surface area contributed by atoms with Crippen molar-refractivity contribution in [2.45, 2.75) is 50.5 Å². The van der Waals surface area contributed by atoms with Crippen LogP contribution in [-0.4, -0.2) is 27.4 Å². The van der Waals surface area contributed by atoms with Crippen molar-refractivity contribution in [2.75, 3.05) is 12.3 Å². The van der Waals surface area contributed by atoms with Crippen LogP contribution in [0.2, 0.25) is 0 Å². The molecule has 2 aromatic rings. The third kappa shape index (κ3) is 6.61. The van der Waals surface area contributed by atoms with E-state index in [0.717, 1.165) is 5.56 Å². The van der Waals surface area contributed by atoms with Gasteiger partial charge in [-0.3, -0.25) is 4.79 Å². The van der Waals surface area contributed by atoms with Crippen LogP contribution in [0.3, 0.4) is 0 Å². The molecule has 1 saturated carbocycles. The zero-order chi connectivity index (χ0) is 25.3. The lowest BCUT2D eigenvalue weighted by molar-refractivity contribution is -0.118. The minimum Gasteiger partial charge on any atom is -0.507 e. The number of Topliss-reactive ketones (excluding diaryl/α,β-unsaturated/α-hetero) is 1. The molecule has 0 aliphatic heterocycles. The molecule has 1 aliphatic carbocycles. The van der Waals surface area contributed by atoms with Gasteiger partial charge in [-0.05, 0) is 75.6 Å². The second-order valence-electron chi connectivity index (χ2n) is 9.01. The van der Waals surface area contributed by atoms with E-state index in [-0.39, 0.29) is 29.8 Å². The van der Waals surface area contributed by atoms with E-state index >= 15 is 0 Å². The van der Waals surface area contributed by atoms with E-state index in [2.05, 4.69) is 11.9 Å². The van der Waals surface area contributed by atoms with Crippen molar-refractivity contribution >= 4 is 40.4 Å². The number of phenols is 1. The third-order valence-electron chi connectivity index (χ3n) is 5.54. The summed E-state index contributed by atoms with van der Waals surface area (Å²) in [6, 6.07) is 7.94. The number of alkyl halides is 3. The van der Waals surface area contributed by atoms with Gasteiger partial charge in [-0.2, -0.15) is 0 Å². The summed E-state index contributed by atoms with van der Waals surface area (Å²) < 4.78 is 25.8. The van der Waals surface area contributed by atoms with Crippen molar-refractivity contribution < 1.29 is 18.7 Å². The minimum absolute atomic E-state index is 0.0568. The number of nitrogens with one attached hydrogen (secondary N) is 1. The predicted molar refractivity (Wildman–Crippen MR) is 132 cm³/mol. The normalized spacial score (nSPS) is 18.7. The fraction of sp³-hybridized carbons (Fsp3) is 0.400. The van der Waals surface area contributed by atoms with E-state index in [1.54, 1.807) is 19.1 Å². The van der Waals surface area contributed by atoms with Crippen LogP contribution in [-0.2, 0) is 4.79 Å². The molecule has 180 valence electrons. The molecule has 2 aromatic carbocycles. The summed E-state index contributed by atoms with van der Waals surface area (Å²) >= 11 is 12.1. The van der Waals surface area contributed by atoms with Gasteiger partial charge >= 0.3 is 0 Å². The first-order valence-electron chi connectivity index (χ1n) is 10.4. The Labute approximate surface area is 203 Å². The molecule has 2 atom stereocenters. The lowest BCUT2D eigenvalue weighted by Crippen LogP contribution is -2.29. The molecule has 1 aliphatic rings. The van der Waals surface area contributed by atoms with Gasteiger partial charge in [0.2, 0.25) is 0 Å². The first-order valence-corrected chi connectivity index (χ1v) is 11.2. The number of rotatable bonds is 6. The van der Waals surface area contributed by atoms with Crippen LogP contribution >= 0.6 is 23.2 Å². The lowest BCUT2D eigenvalue weighted by atomic mass is 10.0. The van der Waals surface area contributed by atoms with E-state index in [4.69, 9.17) is 28.9 Å². The molecule has 33 heavy (non-hydrogen) atoms. The first kappa shape index (κ1) is 26.9. The summed E-state index contributed by atoms with van der Waals surface area (Å²) in [5.74, 6) is -0.982. The van der Waals surface area contributed by atoms with Crippen LogP contribution in [0.5, 0.6) is 5.75 Å². The summed E-state index contributed by atoms with van der Waals surface area (Å²) in [5, 5.41) is 12.4. The van der Waals surface area contributed by atoms with E-state index in [1.165, 1.54) is 32.9 Å². The van der Waals surface area contributed by atoms with Crippen LogP contribution in [0.1, 0.15) is 48.9 Å². The zero-order valence-electron chi connectivity index (χ0n) is 19.4. The summed E-state index contributed by atoms with van der Waals surface area (Å²) in [6.07, 6.45) is 0. The topological polar surface area (TPSA) is 75.3 Å². The van der Waals surface area contributed by atoms with Crippen molar-refractivity contribution in [3.63, 3.8) is 0 Å². The van der Waals surface area contributed by atoms with Gasteiger partial charge in [0.05, 0.1) is 5.92 Å². The number of aromatic hydroxyl groups is 1. The zero-order valence-corrected chi connectivity index (χ0v) is 20.9. The number of nitrogens with two attached hydrogens (primary N) is 1. The number of carbonyl (C=O) groups is 1. The van der Waals surface area contributed by atoms with Crippen molar-refractivity contribution in [3.05, 3.63) is 65.0 Å². The number of hydrogen-bond acceptors (Lipinski definition) is 4. The number of carbonyl (C=O) groups excluding carboxylic acids is 1. The van der Waals surface area contributed by atoms with Gasteiger partial charge in [0.25, 0.3) is 0 Å². The lowest BCUT2D eigenvalue weighted by Gasteiger charge is -2.18. The first-order chi connectivity index (χ1) is 15.1. The maximum Gasteiger partial charge on any atom is 0.136 e. The number of aryl methyl sites for hydroxylation is 1.